The average molecular weight is 701 g/mol. The van der Waals surface area contributed by atoms with Gasteiger partial charge in [-0.25, -0.2) is 0 Å². The fourth-order valence-corrected chi connectivity index (χ4v) is 9.54. The quantitative estimate of drug-likeness (QED) is 0.171. The van der Waals surface area contributed by atoms with Gasteiger partial charge in [-0.15, -0.1) is 0 Å². The summed E-state index contributed by atoms with van der Waals surface area (Å²) in [6.07, 6.45) is 7.95. The van der Waals surface area contributed by atoms with Gasteiger partial charge in [0.2, 0.25) is 0 Å². The number of pyridine rings is 2. The summed E-state index contributed by atoms with van der Waals surface area (Å²) in [6.45, 7) is 4.77. The number of benzene rings is 8. The van der Waals surface area contributed by atoms with Crippen LogP contribution in [0.3, 0.4) is 0 Å². The summed E-state index contributed by atoms with van der Waals surface area (Å²) in [5.74, 6) is 0. The summed E-state index contributed by atoms with van der Waals surface area (Å²) in [4.78, 5) is 9.35. The predicted molar refractivity (Wildman–Crippen MR) is 231 cm³/mol. The van der Waals surface area contributed by atoms with E-state index in [1.54, 1.807) is 0 Å². The summed E-state index contributed by atoms with van der Waals surface area (Å²) in [6, 6.07) is 57.8. The summed E-state index contributed by atoms with van der Waals surface area (Å²) < 4.78 is 0. The monoisotopic (exact) mass is 700 g/mol. The highest BCUT2D eigenvalue weighted by atomic mass is 14.6. The van der Waals surface area contributed by atoms with Crippen LogP contribution in [0.1, 0.15) is 25.0 Å². The molecule has 0 atom stereocenters. The molecule has 1 aliphatic carbocycles. The Hall–Kier alpha value is -6.90. The normalized spacial score (nSPS) is 13.1. The molecule has 0 radical (unpaired) electrons. The van der Waals surface area contributed by atoms with E-state index in [1.165, 1.54) is 110 Å². The second-order valence-electron chi connectivity index (χ2n) is 15.3. The highest BCUT2D eigenvalue weighted by Crippen LogP contribution is 2.53. The van der Waals surface area contributed by atoms with Crippen molar-refractivity contribution in [3.05, 3.63) is 194 Å². The number of hydrogen-bond acceptors (Lipinski definition) is 2. The molecule has 2 heterocycles. The average Bonchev–Trinajstić information content (AvgIpc) is 3.47. The van der Waals surface area contributed by atoms with Gasteiger partial charge in [-0.2, -0.15) is 0 Å². The van der Waals surface area contributed by atoms with Gasteiger partial charge in [-0.1, -0.05) is 147 Å². The van der Waals surface area contributed by atoms with Gasteiger partial charge >= 0.3 is 0 Å². The van der Waals surface area contributed by atoms with E-state index in [0.717, 1.165) is 0 Å². The zero-order chi connectivity index (χ0) is 36.7. The lowest BCUT2D eigenvalue weighted by Crippen LogP contribution is -2.15. The maximum Gasteiger partial charge on any atom is 0.0353 e. The first kappa shape index (κ1) is 31.6. The molecule has 2 aromatic heterocycles. The first-order valence-corrected chi connectivity index (χ1v) is 19.1. The fraction of sp³-hybridized carbons (Fsp3) is 0.0566. The topological polar surface area (TPSA) is 25.8 Å². The first-order valence-electron chi connectivity index (χ1n) is 19.1. The second-order valence-corrected chi connectivity index (χ2v) is 15.3. The Balaban J connectivity index is 1.10. The van der Waals surface area contributed by atoms with Crippen molar-refractivity contribution in [3.8, 4) is 55.6 Å². The lowest BCUT2D eigenvalue weighted by molar-refractivity contribution is 0.661. The summed E-state index contributed by atoms with van der Waals surface area (Å²) in [5, 5.41) is 9.76. The first-order chi connectivity index (χ1) is 27.1. The molecule has 2 heteroatoms. The summed E-state index contributed by atoms with van der Waals surface area (Å²) in [7, 11) is 0. The molecule has 10 aromatic rings. The van der Waals surface area contributed by atoms with Crippen LogP contribution < -0.4 is 0 Å². The standard InChI is InChI=1S/C53H36N2/c1-53(2)47-29-35(51-41-19-11-9-17-39(41)49(33-13-5-3-6-14-33)43-25-27-54-31-45(43)51)21-23-37(47)38-24-22-36(30-48(38)53)52-42-20-12-10-18-40(42)50(34-15-7-4-8-16-34)44-26-28-55-32-46(44)52/h3-32H,1-2H3. The molecular weight excluding hydrogens is 665 g/mol. The second kappa shape index (κ2) is 12.1. The Bertz CT molecular complexity index is 2830. The third kappa shape index (κ3) is 4.68. The Morgan fingerprint density at radius 1 is 0.327 bits per heavy atom. The number of fused-ring (bicyclic) bond motifs is 7. The zero-order valence-electron chi connectivity index (χ0n) is 30.7. The van der Waals surface area contributed by atoms with Crippen LogP contribution in [0.2, 0.25) is 0 Å². The number of aromatic nitrogens is 2. The van der Waals surface area contributed by atoms with Crippen LogP contribution in [0.4, 0.5) is 0 Å². The molecule has 0 aliphatic heterocycles. The predicted octanol–water partition coefficient (Wildman–Crippen LogP) is 14.1. The maximum absolute atomic E-state index is 4.67. The lowest BCUT2D eigenvalue weighted by Gasteiger charge is -2.24. The van der Waals surface area contributed by atoms with E-state index in [-0.39, 0.29) is 5.41 Å². The molecule has 0 N–H and O–H groups in total. The minimum absolute atomic E-state index is 0.224. The summed E-state index contributed by atoms with van der Waals surface area (Å²) in [5.41, 5.74) is 14.9. The van der Waals surface area contributed by atoms with Crippen molar-refractivity contribution in [2.45, 2.75) is 19.3 Å². The summed E-state index contributed by atoms with van der Waals surface area (Å²) >= 11 is 0. The molecule has 0 bridgehead atoms. The third-order valence-corrected chi connectivity index (χ3v) is 12.0. The lowest BCUT2D eigenvalue weighted by atomic mass is 9.79. The van der Waals surface area contributed by atoms with Crippen molar-refractivity contribution in [2.24, 2.45) is 0 Å². The van der Waals surface area contributed by atoms with Crippen LogP contribution in [0.15, 0.2) is 183 Å². The van der Waals surface area contributed by atoms with E-state index in [9.17, 15) is 0 Å². The van der Waals surface area contributed by atoms with E-state index in [2.05, 4.69) is 194 Å². The van der Waals surface area contributed by atoms with Crippen molar-refractivity contribution in [3.63, 3.8) is 0 Å². The van der Waals surface area contributed by atoms with Gasteiger partial charge in [0.25, 0.3) is 0 Å². The Kier molecular flexibility index (Phi) is 6.93. The van der Waals surface area contributed by atoms with E-state index in [4.69, 9.17) is 0 Å². The minimum atomic E-state index is -0.224. The molecular formula is C53H36N2. The number of rotatable bonds is 4. The smallest absolute Gasteiger partial charge is 0.0353 e. The van der Waals surface area contributed by atoms with Crippen molar-refractivity contribution < 1.29 is 0 Å². The van der Waals surface area contributed by atoms with Crippen LogP contribution in [0.5, 0.6) is 0 Å². The molecule has 8 aromatic carbocycles. The van der Waals surface area contributed by atoms with Crippen LogP contribution in [0, 0.1) is 0 Å². The van der Waals surface area contributed by atoms with Gasteiger partial charge in [0.1, 0.15) is 0 Å². The largest absolute Gasteiger partial charge is 0.264 e. The maximum atomic E-state index is 4.67. The number of nitrogens with zero attached hydrogens (tertiary/aromatic N) is 2. The van der Waals surface area contributed by atoms with Gasteiger partial charge in [0.15, 0.2) is 0 Å². The molecule has 0 unspecified atom stereocenters. The van der Waals surface area contributed by atoms with Crippen LogP contribution in [0.25, 0.3) is 98.7 Å². The van der Waals surface area contributed by atoms with Gasteiger partial charge in [-0.3, -0.25) is 9.97 Å². The van der Waals surface area contributed by atoms with Gasteiger partial charge < -0.3 is 0 Å². The highest BCUT2D eigenvalue weighted by Gasteiger charge is 2.36. The Morgan fingerprint density at radius 2 is 0.673 bits per heavy atom. The van der Waals surface area contributed by atoms with Crippen LogP contribution in [-0.4, -0.2) is 9.97 Å². The Labute approximate surface area is 320 Å². The SMILES string of the molecule is CC1(C)c2cc(-c3c4ccccc4c(-c4ccccc4)c4ccncc34)ccc2-c2ccc(-c3c4ccccc4c(-c4ccccc4)c4ccncc34)cc21. The molecule has 258 valence electrons. The number of hydrogen-bond donors (Lipinski definition) is 0. The van der Waals surface area contributed by atoms with Crippen molar-refractivity contribution in [2.75, 3.05) is 0 Å². The van der Waals surface area contributed by atoms with E-state index >= 15 is 0 Å². The molecule has 2 nitrogen and oxygen atoms in total. The molecule has 55 heavy (non-hydrogen) atoms. The van der Waals surface area contributed by atoms with Gasteiger partial charge in [-0.05, 0) is 123 Å². The fourth-order valence-electron chi connectivity index (χ4n) is 9.54. The molecule has 0 saturated carbocycles. The van der Waals surface area contributed by atoms with E-state index in [0.29, 0.717) is 0 Å². The molecule has 0 spiro atoms. The third-order valence-electron chi connectivity index (χ3n) is 12.0. The molecule has 11 rings (SSSR count). The van der Waals surface area contributed by atoms with Crippen LogP contribution >= 0.6 is 0 Å². The van der Waals surface area contributed by atoms with E-state index in [1.807, 2.05) is 12.4 Å². The van der Waals surface area contributed by atoms with Crippen LogP contribution in [-0.2, 0) is 5.41 Å². The Morgan fingerprint density at radius 3 is 1.07 bits per heavy atom. The molecule has 0 saturated heterocycles. The van der Waals surface area contributed by atoms with Crippen molar-refractivity contribution >= 4 is 43.1 Å². The van der Waals surface area contributed by atoms with E-state index < -0.39 is 0 Å². The zero-order valence-corrected chi connectivity index (χ0v) is 30.7. The van der Waals surface area contributed by atoms with Crippen molar-refractivity contribution in [1.82, 2.24) is 9.97 Å². The molecule has 1 aliphatic rings. The molecule has 0 amide bonds. The van der Waals surface area contributed by atoms with Crippen molar-refractivity contribution in [1.29, 1.82) is 0 Å². The van der Waals surface area contributed by atoms with Gasteiger partial charge in [0.05, 0.1) is 0 Å². The highest BCUT2D eigenvalue weighted by molar-refractivity contribution is 6.22. The molecule has 0 fully saturated rings. The minimum Gasteiger partial charge on any atom is -0.264 e. The van der Waals surface area contributed by atoms with Gasteiger partial charge in [0, 0.05) is 41.0 Å².